The molecule has 0 aliphatic carbocycles. The van der Waals surface area contributed by atoms with E-state index in [9.17, 15) is 0 Å². The van der Waals surface area contributed by atoms with E-state index in [0.717, 1.165) is 27.0 Å². The normalized spacial score (nSPS) is 10.6. The SMILES string of the molecule is C#CCOc1ccc(C=Nc2cc(C)ccc2C)cc1Br. The van der Waals surface area contributed by atoms with Crippen molar-refractivity contribution in [2.75, 3.05) is 6.61 Å². The Morgan fingerprint density at radius 3 is 2.76 bits per heavy atom. The minimum absolute atomic E-state index is 0.258. The summed E-state index contributed by atoms with van der Waals surface area (Å²) < 4.78 is 6.27. The Labute approximate surface area is 134 Å². The third-order valence-corrected chi connectivity index (χ3v) is 3.60. The monoisotopic (exact) mass is 341 g/mol. The highest BCUT2D eigenvalue weighted by molar-refractivity contribution is 9.10. The first-order valence-corrected chi connectivity index (χ1v) is 7.36. The van der Waals surface area contributed by atoms with Gasteiger partial charge in [0, 0.05) is 6.21 Å². The van der Waals surface area contributed by atoms with E-state index < -0.39 is 0 Å². The zero-order valence-corrected chi connectivity index (χ0v) is 13.6. The Bertz CT molecular complexity index is 714. The molecule has 0 aliphatic rings. The summed E-state index contributed by atoms with van der Waals surface area (Å²) in [5.41, 5.74) is 4.34. The average molecular weight is 342 g/mol. The van der Waals surface area contributed by atoms with E-state index in [1.54, 1.807) is 0 Å². The van der Waals surface area contributed by atoms with Crippen LogP contribution in [0.1, 0.15) is 16.7 Å². The number of benzene rings is 2. The van der Waals surface area contributed by atoms with Crippen molar-refractivity contribution in [3.8, 4) is 18.1 Å². The Hall–Kier alpha value is -2.05. The van der Waals surface area contributed by atoms with Gasteiger partial charge in [0.15, 0.2) is 0 Å². The van der Waals surface area contributed by atoms with Gasteiger partial charge >= 0.3 is 0 Å². The maximum Gasteiger partial charge on any atom is 0.148 e. The number of ether oxygens (including phenoxy) is 1. The predicted molar refractivity (Wildman–Crippen MR) is 91.6 cm³/mol. The third kappa shape index (κ3) is 4.21. The van der Waals surface area contributed by atoms with Crippen molar-refractivity contribution in [1.29, 1.82) is 0 Å². The molecule has 0 aromatic heterocycles. The predicted octanol–water partition coefficient (Wildman–Crippen LogP) is 4.83. The molecule has 3 heteroatoms. The zero-order chi connectivity index (χ0) is 15.2. The summed E-state index contributed by atoms with van der Waals surface area (Å²) in [6.45, 7) is 4.37. The second kappa shape index (κ2) is 7.10. The molecule has 0 atom stereocenters. The van der Waals surface area contributed by atoms with Gasteiger partial charge in [0.05, 0.1) is 10.2 Å². The lowest BCUT2D eigenvalue weighted by atomic mass is 10.1. The van der Waals surface area contributed by atoms with E-state index in [1.165, 1.54) is 5.56 Å². The van der Waals surface area contributed by atoms with Gasteiger partial charge in [-0.1, -0.05) is 18.1 Å². The van der Waals surface area contributed by atoms with E-state index in [1.807, 2.05) is 24.4 Å². The molecule has 0 amide bonds. The summed E-state index contributed by atoms with van der Waals surface area (Å²) in [5.74, 6) is 3.18. The molecule has 0 unspecified atom stereocenters. The summed E-state index contributed by atoms with van der Waals surface area (Å²) >= 11 is 3.47. The van der Waals surface area contributed by atoms with E-state index in [4.69, 9.17) is 11.2 Å². The standard InChI is InChI=1S/C18H16BrNO/c1-4-9-21-18-8-7-15(11-16(18)19)12-20-17-10-13(2)5-6-14(17)3/h1,5-8,10-12H,9H2,2-3H3. The average Bonchev–Trinajstić information content (AvgIpc) is 2.47. The molecule has 2 aromatic carbocycles. The topological polar surface area (TPSA) is 21.6 Å². The summed E-state index contributed by atoms with van der Waals surface area (Å²) in [5, 5.41) is 0. The molecule has 0 radical (unpaired) electrons. The minimum atomic E-state index is 0.258. The van der Waals surface area contributed by atoms with Crippen LogP contribution in [0.4, 0.5) is 5.69 Å². The maximum atomic E-state index is 5.41. The van der Waals surface area contributed by atoms with Crippen molar-refractivity contribution in [2.45, 2.75) is 13.8 Å². The molecule has 0 N–H and O–H groups in total. The fourth-order valence-corrected chi connectivity index (χ4v) is 2.35. The number of aryl methyl sites for hydroxylation is 2. The number of rotatable bonds is 4. The summed E-state index contributed by atoms with van der Waals surface area (Å²) in [4.78, 5) is 4.55. The summed E-state index contributed by atoms with van der Waals surface area (Å²) in [7, 11) is 0. The molecule has 21 heavy (non-hydrogen) atoms. The van der Waals surface area contributed by atoms with Crippen LogP contribution in [0.3, 0.4) is 0 Å². The second-order valence-corrected chi connectivity index (χ2v) is 5.59. The minimum Gasteiger partial charge on any atom is -0.480 e. The van der Waals surface area contributed by atoms with Gasteiger partial charge in [-0.15, -0.1) is 6.42 Å². The number of hydrogen-bond acceptors (Lipinski definition) is 2. The first-order chi connectivity index (χ1) is 10.1. The molecule has 0 fully saturated rings. The van der Waals surface area contributed by atoms with Crippen molar-refractivity contribution in [3.05, 3.63) is 57.6 Å². The van der Waals surface area contributed by atoms with Crippen LogP contribution >= 0.6 is 15.9 Å². The highest BCUT2D eigenvalue weighted by atomic mass is 79.9. The Balaban J connectivity index is 2.20. The van der Waals surface area contributed by atoms with Gasteiger partial charge in [-0.25, -0.2) is 0 Å². The highest BCUT2D eigenvalue weighted by Gasteiger charge is 2.01. The lowest BCUT2D eigenvalue weighted by molar-refractivity contribution is 0.368. The van der Waals surface area contributed by atoms with Gasteiger partial charge in [-0.05, 0) is 70.7 Å². The zero-order valence-electron chi connectivity index (χ0n) is 12.1. The first-order valence-electron chi connectivity index (χ1n) is 6.57. The fraction of sp³-hybridized carbons (Fsp3) is 0.167. The van der Waals surface area contributed by atoms with E-state index in [0.29, 0.717) is 0 Å². The number of terminal acetylenes is 1. The van der Waals surface area contributed by atoms with Crippen molar-refractivity contribution in [3.63, 3.8) is 0 Å². The van der Waals surface area contributed by atoms with Crippen LogP contribution in [0.5, 0.6) is 5.75 Å². The van der Waals surface area contributed by atoms with Gasteiger partial charge in [0.2, 0.25) is 0 Å². The van der Waals surface area contributed by atoms with E-state index >= 15 is 0 Å². The van der Waals surface area contributed by atoms with Crippen LogP contribution in [0, 0.1) is 26.2 Å². The summed E-state index contributed by atoms with van der Waals surface area (Å²) in [6, 6.07) is 12.0. The van der Waals surface area contributed by atoms with Crippen molar-refractivity contribution in [1.82, 2.24) is 0 Å². The molecule has 0 heterocycles. The molecule has 0 saturated carbocycles. The molecule has 2 aromatic rings. The highest BCUT2D eigenvalue weighted by Crippen LogP contribution is 2.26. The maximum absolute atomic E-state index is 5.41. The van der Waals surface area contributed by atoms with E-state index in [-0.39, 0.29) is 6.61 Å². The molecule has 2 nitrogen and oxygen atoms in total. The first kappa shape index (κ1) is 15.3. The second-order valence-electron chi connectivity index (χ2n) is 4.73. The Morgan fingerprint density at radius 1 is 1.24 bits per heavy atom. The van der Waals surface area contributed by atoms with Crippen LogP contribution in [-0.2, 0) is 0 Å². The van der Waals surface area contributed by atoms with Crippen molar-refractivity contribution >= 4 is 27.8 Å². The van der Waals surface area contributed by atoms with E-state index in [2.05, 4.69) is 58.9 Å². The molecular formula is C18H16BrNO. The largest absolute Gasteiger partial charge is 0.480 e. The molecule has 2 rings (SSSR count). The van der Waals surface area contributed by atoms with Crippen LogP contribution < -0.4 is 4.74 Å². The number of halogens is 1. The molecule has 0 saturated heterocycles. The smallest absolute Gasteiger partial charge is 0.148 e. The number of aliphatic imine (C=N–C) groups is 1. The molecular weight excluding hydrogens is 326 g/mol. The van der Waals surface area contributed by atoms with Gasteiger partial charge in [0.25, 0.3) is 0 Å². The van der Waals surface area contributed by atoms with Crippen molar-refractivity contribution in [2.24, 2.45) is 4.99 Å². The van der Waals surface area contributed by atoms with Gasteiger partial charge in [-0.3, -0.25) is 4.99 Å². The molecule has 106 valence electrons. The molecule has 0 bridgehead atoms. The van der Waals surface area contributed by atoms with Crippen LogP contribution in [-0.4, -0.2) is 12.8 Å². The van der Waals surface area contributed by atoms with Crippen LogP contribution in [0.25, 0.3) is 0 Å². The lowest BCUT2D eigenvalue weighted by Gasteiger charge is -2.06. The lowest BCUT2D eigenvalue weighted by Crippen LogP contribution is -1.94. The Morgan fingerprint density at radius 2 is 2.05 bits per heavy atom. The quantitative estimate of drug-likeness (QED) is 0.576. The number of nitrogens with zero attached hydrogens (tertiary/aromatic N) is 1. The van der Waals surface area contributed by atoms with Gasteiger partial charge in [-0.2, -0.15) is 0 Å². The third-order valence-electron chi connectivity index (χ3n) is 2.98. The van der Waals surface area contributed by atoms with Crippen LogP contribution in [0.2, 0.25) is 0 Å². The molecule has 0 aliphatic heterocycles. The fourth-order valence-electron chi connectivity index (χ4n) is 1.84. The van der Waals surface area contributed by atoms with Crippen LogP contribution in [0.15, 0.2) is 45.9 Å². The summed E-state index contributed by atoms with van der Waals surface area (Å²) in [6.07, 6.45) is 7.03. The Kier molecular flexibility index (Phi) is 5.19. The number of hydrogen-bond donors (Lipinski definition) is 0. The van der Waals surface area contributed by atoms with Crippen molar-refractivity contribution < 1.29 is 4.74 Å². The van der Waals surface area contributed by atoms with Gasteiger partial charge < -0.3 is 4.74 Å². The van der Waals surface area contributed by atoms with Gasteiger partial charge in [0.1, 0.15) is 12.4 Å². The molecule has 0 spiro atoms.